The minimum Gasteiger partial charge on any atom is -0.325 e. The van der Waals surface area contributed by atoms with Crippen LogP contribution in [-0.4, -0.2) is 20.0 Å². The minimum atomic E-state index is -0.467. The van der Waals surface area contributed by atoms with Gasteiger partial charge < -0.3 is 5.32 Å². The van der Waals surface area contributed by atoms with Crippen molar-refractivity contribution in [3.05, 3.63) is 32.6 Å². The minimum absolute atomic E-state index is 0.198. The van der Waals surface area contributed by atoms with E-state index >= 15 is 0 Å². The van der Waals surface area contributed by atoms with Gasteiger partial charge in [0.05, 0.1) is 5.69 Å². The van der Waals surface area contributed by atoms with Crippen molar-refractivity contribution in [1.29, 1.82) is 0 Å². The second-order valence-corrected chi connectivity index (χ2v) is 4.62. The summed E-state index contributed by atoms with van der Waals surface area (Å²) in [6.45, 7) is 3.48. The first-order valence-corrected chi connectivity index (χ1v) is 6.23. The Labute approximate surface area is 114 Å². The molecular weight excluding hydrogens is 260 g/mol. The monoisotopic (exact) mass is 276 g/mol. The number of aromatic nitrogens is 3. The van der Waals surface area contributed by atoms with E-state index in [4.69, 9.17) is 0 Å². The third-order valence-electron chi connectivity index (χ3n) is 3.24. The SMILES string of the molecule is CCC(=O)Nc1c(C)cnc2c1c(=O)n(C)c(=O)n2C. The van der Waals surface area contributed by atoms with Crippen LogP contribution in [0, 0.1) is 6.92 Å². The van der Waals surface area contributed by atoms with Crippen LogP contribution in [0.25, 0.3) is 11.0 Å². The van der Waals surface area contributed by atoms with Crippen molar-refractivity contribution in [1.82, 2.24) is 14.1 Å². The van der Waals surface area contributed by atoms with Gasteiger partial charge in [0.2, 0.25) is 5.91 Å². The number of hydrogen-bond donors (Lipinski definition) is 1. The number of hydrogen-bond acceptors (Lipinski definition) is 4. The molecule has 2 aromatic rings. The number of nitrogens with one attached hydrogen (secondary N) is 1. The van der Waals surface area contributed by atoms with Crippen LogP contribution in [0.2, 0.25) is 0 Å². The lowest BCUT2D eigenvalue weighted by Gasteiger charge is -2.13. The van der Waals surface area contributed by atoms with Crippen LogP contribution in [0.5, 0.6) is 0 Å². The maximum Gasteiger partial charge on any atom is 0.332 e. The summed E-state index contributed by atoms with van der Waals surface area (Å²) in [4.78, 5) is 39.9. The summed E-state index contributed by atoms with van der Waals surface area (Å²) in [5.41, 5.74) is 0.431. The maximum atomic E-state index is 12.3. The van der Waals surface area contributed by atoms with E-state index in [2.05, 4.69) is 10.3 Å². The Balaban J connectivity index is 2.94. The predicted octanol–water partition coefficient (Wildman–Crippen LogP) is 0.289. The highest BCUT2D eigenvalue weighted by atomic mass is 16.2. The summed E-state index contributed by atoms with van der Waals surface area (Å²) >= 11 is 0. The average Bonchev–Trinajstić information content (AvgIpc) is 2.44. The molecule has 20 heavy (non-hydrogen) atoms. The van der Waals surface area contributed by atoms with Crippen molar-refractivity contribution < 1.29 is 4.79 Å². The number of carbonyl (C=O) groups is 1. The molecule has 0 saturated carbocycles. The van der Waals surface area contributed by atoms with E-state index in [1.54, 1.807) is 13.8 Å². The number of fused-ring (bicyclic) bond motifs is 1. The molecule has 0 aliphatic rings. The van der Waals surface area contributed by atoms with E-state index in [-0.39, 0.29) is 16.9 Å². The quantitative estimate of drug-likeness (QED) is 0.854. The molecule has 0 saturated heterocycles. The number of anilines is 1. The van der Waals surface area contributed by atoms with E-state index in [1.807, 2.05) is 0 Å². The molecule has 106 valence electrons. The van der Waals surface area contributed by atoms with Crippen LogP contribution in [0.3, 0.4) is 0 Å². The van der Waals surface area contributed by atoms with Gasteiger partial charge in [-0.05, 0) is 12.5 Å². The molecule has 2 rings (SSSR count). The molecule has 0 unspecified atom stereocenters. The second kappa shape index (κ2) is 4.92. The Morgan fingerprint density at radius 1 is 1.30 bits per heavy atom. The topological polar surface area (TPSA) is 86.0 Å². The zero-order valence-electron chi connectivity index (χ0n) is 11.9. The Morgan fingerprint density at radius 2 is 1.95 bits per heavy atom. The normalized spacial score (nSPS) is 10.8. The van der Waals surface area contributed by atoms with Gasteiger partial charge in [0, 0.05) is 26.7 Å². The first-order valence-electron chi connectivity index (χ1n) is 6.23. The van der Waals surface area contributed by atoms with Crippen LogP contribution in [0.1, 0.15) is 18.9 Å². The molecule has 0 bridgehead atoms. The summed E-state index contributed by atoms with van der Waals surface area (Å²) in [6, 6.07) is 0. The van der Waals surface area contributed by atoms with Crippen LogP contribution < -0.4 is 16.6 Å². The third-order valence-corrected chi connectivity index (χ3v) is 3.24. The highest BCUT2D eigenvalue weighted by Crippen LogP contribution is 2.21. The van der Waals surface area contributed by atoms with Gasteiger partial charge in [-0.1, -0.05) is 6.92 Å². The number of aryl methyl sites for hydroxylation is 2. The maximum absolute atomic E-state index is 12.3. The molecule has 1 amide bonds. The molecule has 0 atom stereocenters. The zero-order chi connectivity index (χ0) is 15.0. The van der Waals surface area contributed by atoms with Crippen molar-refractivity contribution >= 4 is 22.6 Å². The van der Waals surface area contributed by atoms with Gasteiger partial charge in [0.15, 0.2) is 5.65 Å². The van der Waals surface area contributed by atoms with Crippen molar-refractivity contribution in [2.24, 2.45) is 14.1 Å². The molecule has 2 heterocycles. The van der Waals surface area contributed by atoms with Crippen LogP contribution in [0.15, 0.2) is 15.8 Å². The highest BCUT2D eigenvalue weighted by molar-refractivity contribution is 6.00. The molecule has 0 aliphatic heterocycles. The van der Waals surface area contributed by atoms with Gasteiger partial charge >= 0.3 is 5.69 Å². The zero-order valence-corrected chi connectivity index (χ0v) is 11.9. The molecule has 2 aromatic heterocycles. The van der Waals surface area contributed by atoms with Gasteiger partial charge in [0.1, 0.15) is 5.39 Å². The first kappa shape index (κ1) is 14.0. The van der Waals surface area contributed by atoms with Crippen molar-refractivity contribution in [3.63, 3.8) is 0 Å². The van der Waals surface area contributed by atoms with E-state index in [0.29, 0.717) is 17.7 Å². The lowest BCUT2D eigenvalue weighted by atomic mass is 10.2. The van der Waals surface area contributed by atoms with Crippen LogP contribution >= 0.6 is 0 Å². The van der Waals surface area contributed by atoms with E-state index in [9.17, 15) is 14.4 Å². The predicted molar refractivity (Wildman–Crippen MR) is 75.9 cm³/mol. The van der Waals surface area contributed by atoms with Gasteiger partial charge in [0.25, 0.3) is 5.56 Å². The lowest BCUT2D eigenvalue weighted by molar-refractivity contribution is -0.115. The van der Waals surface area contributed by atoms with Crippen molar-refractivity contribution in [3.8, 4) is 0 Å². The summed E-state index contributed by atoms with van der Waals surface area (Å²) in [7, 11) is 2.94. The Bertz CT molecular complexity index is 817. The number of amides is 1. The van der Waals surface area contributed by atoms with Crippen molar-refractivity contribution in [2.75, 3.05) is 5.32 Å². The first-order chi connectivity index (χ1) is 9.38. The summed E-state index contributed by atoms with van der Waals surface area (Å²) in [6.07, 6.45) is 1.84. The molecular formula is C13H16N4O3. The molecule has 0 aliphatic carbocycles. The summed E-state index contributed by atoms with van der Waals surface area (Å²) < 4.78 is 2.29. The van der Waals surface area contributed by atoms with E-state index < -0.39 is 11.2 Å². The van der Waals surface area contributed by atoms with Gasteiger partial charge in [-0.15, -0.1) is 0 Å². The van der Waals surface area contributed by atoms with E-state index in [0.717, 1.165) is 4.57 Å². The molecule has 0 aromatic carbocycles. The Hall–Kier alpha value is -2.44. The van der Waals surface area contributed by atoms with Crippen LogP contribution in [0.4, 0.5) is 5.69 Å². The number of pyridine rings is 1. The smallest absolute Gasteiger partial charge is 0.325 e. The molecule has 7 heteroatoms. The fourth-order valence-electron chi connectivity index (χ4n) is 2.01. The summed E-state index contributed by atoms with van der Waals surface area (Å²) in [5.74, 6) is -0.198. The number of carbonyl (C=O) groups excluding carboxylic acids is 1. The third kappa shape index (κ3) is 2.01. The molecule has 0 radical (unpaired) electrons. The van der Waals surface area contributed by atoms with E-state index in [1.165, 1.54) is 24.9 Å². The fourth-order valence-corrected chi connectivity index (χ4v) is 2.01. The Morgan fingerprint density at radius 3 is 2.55 bits per heavy atom. The van der Waals surface area contributed by atoms with Gasteiger partial charge in [-0.3, -0.25) is 18.7 Å². The largest absolute Gasteiger partial charge is 0.332 e. The molecule has 0 fully saturated rings. The Kier molecular flexibility index (Phi) is 3.44. The molecule has 1 N–H and O–H groups in total. The van der Waals surface area contributed by atoms with Crippen LogP contribution in [-0.2, 0) is 18.9 Å². The van der Waals surface area contributed by atoms with Gasteiger partial charge in [-0.2, -0.15) is 0 Å². The second-order valence-electron chi connectivity index (χ2n) is 4.62. The average molecular weight is 276 g/mol. The molecule has 7 nitrogen and oxygen atoms in total. The lowest BCUT2D eigenvalue weighted by Crippen LogP contribution is -2.37. The number of rotatable bonds is 2. The summed E-state index contributed by atoms with van der Waals surface area (Å²) in [5, 5.41) is 2.96. The van der Waals surface area contributed by atoms with Crippen molar-refractivity contribution in [2.45, 2.75) is 20.3 Å². The standard InChI is InChI=1S/C13H16N4O3/c1-5-8(18)15-10-7(2)6-14-11-9(10)12(19)17(4)13(20)16(11)3/h6H,5H2,1-4H3,(H,14,15,18). The molecule has 0 spiro atoms. The highest BCUT2D eigenvalue weighted by Gasteiger charge is 2.16. The number of nitrogens with zero attached hydrogens (tertiary/aromatic N) is 3. The fraction of sp³-hybridized carbons (Fsp3) is 0.385. The van der Waals surface area contributed by atoms with Gasteiger partial charge in [-0.25, -0.2) is 9.78 Å².